The summed E-state index contributed by atoms with van der Waals surface area (Å²) in [6, 6.07) is 0. The van der Waals surface area contributed by atoms with E-state index in [4.69, 9.17) is 0 Å². The molecule has 0 aromatic heterocycles. The van der Waals surface area contributed by atoms with Gasteiger partial charge >= 0.3 is 122 Å². The second-order valence-electron chi connectivity index (χ2n) is 0. The van der Waals surface area contributed by atoms with Crippen molar-refractivity contribution in [3.8, 4) is 0 Å². The molecule has 2 radical (unpaired) electrons. The van der Waals surface area contributed by atoms with E-state index >= 15 is 0 Å². The monoisotopic (exact) mass is 647 g/mol. The van der Waals surface area contributed by atoms with E-state index in [9.17, 15) is 0 Å². The third-order valence-electron chi connectivity index (χ3n) is 0. The van der Waals surface area contributed by atoms with E-state index in [0.29, 0.717) is 0 Å². The van der Waals surface area contributed by atoms with Crippen LogP contribution in [0.5, 0.6) is 0 Å². The molecular formula is Cu2Ga2O9Sn2. The molecule has 0 atom stereocenters. The molecule has 0 aromatic carbocycles. The molecule has 0 aromatic rings. The first-order valence-electron chi connectivity index (χ1n) is 0. The van der Waals surface area contributed by atoms with Crippen molar-refractivity contribution in [1.29, 1.82) is 0 Å². The Labute approximate surface area is 168 Å². The van der Waals surface area contributed by atoms with Crippen LogP contribution in [-0.2, 0) is 83.4 Å². The zero-order chi connectivity index (χ0) is 0. The van der Waals surface area contributed by atoms with Crippen LogP contribution in [0.25, 0.3) is 0 Å². The van der Waals surface area contributed by atoms with Crippen LogP contribution < -0.4 is 0 Å². The van der Waals surface area contributed by atoms with Crippen LogP contribution in [0.4, 0.5) is 0 Å². The summed E-state index contributed by atoms with van der Waals surface area (Å²) in [6.45, 7) is 0. The molecule has 0 saturated heterocycles. The summed E-state index contributed by atoms with van der Waals surface area (Å²) in [4.78, 5) is 0. The SMILES string of the molecule is [Cu+2].[Cu+2].[Ga+3].[Ga+3].[O-2].[O-2].[O-2].[O-2].[O-2].[O-2].[O-2].[O-2].[O-2].[Sn+4].[Sn+4]. The standard InChI is InChI=1S/2Cu.2Ga.9O.2Sn/q2*+2;2*+3;9*-2;2*+4. The van der Waals surface area contributed by atoms with E-state index in [1.54, 1.807) is 0 Å². The van der Waals surface area contributed by atoms with Crippen molar-refractivity contribution in [3.63, 3.8) is 0 Å². The minimum absolute atomic E-state index is 0. The summed E-state index contributed by atoms with van der Waals surface area (Å²) in [7, 11) is 0. The van der Waals surface area contributed by atoms with E-state index in [1.807, 2.05) is 0 Å². The average Bonchev–Trinajstić information content (AvgIpc) is 0. The summed E-state index contributed by atoms with van der Waals surface area (Å²) >= 11 is 0. The largest absolute Gasteiger partial charge is 4.00 e. The average molecular weight is 648 g/mol. The van der Waals surface area contributed by atoms with Crippen molar-refractivity contribution in [2.24, 2.45) is 0 Å². The first kappa shape index (κ1) is 454. The third kappa shape index (κ3) is 337. The molecule has 90 valence electrons. The summed E-state index contributed by atoms with van der Waals surface area (Å²) in [6.07, 6.45) is 0. The molecule has 0 heterocycles. The molecule has 15 heavy (non-hydrogen) atoms. The normalized spacial score (nSPS) is 0. The predicted molar refractivity (Wildman–Crippen MR) is 29.2 cm³/mol. The van der Waals surface area contributed by atoms with Gasteiger partial charge in [0.25, 0.3) is 0 Å². The van der Waals surface area contributed by atoms with Crippen molar-refractivity contribution < 1.29 is 83.4 Å². The molecule has 0 unspecified atom stereocenters. The number of hydrogen-bond donors (Lipinski definition) is 0. The summed E-state index contributed by atoms with van der Waals surface area (Å²) in [5.41, 5.74) is 0. The maximum Gasteiger partial charge on any atom is 4.00 e. The van der Waals surface area contributed by atoms with Gasteiger partial charge in [0, 0.05) is 0 Å². The Morgan fingerprint density at radius 2 is 0.267 bits per heavy atom. The van der Waals surface area contributed by atoms with Crippen LogP contribution in [-0.4, -0.2) is 87.4 Å². The summed E-state index contributed by atoms with van der Waals surface area (Å²) in [5, 5.41) is 0. The molecule has 15 heteroatoms. The van der Waals surface area contributed by atoms with Gasteiger partial charge in [-0.05, 0) is 0 Å². The van der Waals surface area contributed by atoms with Gasteiger partial charge in [0.2, 0.25) is 0 Å². The molecule has 0 N–H and O–H groups in total. The van der Waals surface area contributed by atoms with Crippen LogP contribution in [0.15, 0.2) is 0 Å². The Morgan fingerprint density at radius 3 is 0.267 bits per heavy atom. The van der Waals surface area contributed by atoms with E-state index < -0.39 is 0 Å². The van der Waals surface area contributed by atoms with Crippen molar-refractivity contribution in [2.75, 3.05) is 0 Å². The van der Waals surface area contributed by atoms with Crippen molar-refractivity contribution in [3.05, 3.63) is 0 Å². The fourth-order valence-corrected chi connectivity index (χ4v) is 0. The van der Waals surface area contributed by atoms with E-state index in [-0.39, 0.29) is 171 Å². The van der Waals surface area contributed by atoms with Crippen LogP contribution in [0, 0.1) is 0 Å². The van der Waals surface area contributed by atoms with Gasteiger partial charge in [-0.1, -0.05) is 0 Å². The Kier molecular flexibility index (Phi) is 11500. The van der Waals surface area contributed by atoms with Crippen molar-refractivity contribution in [1.82, 2.24) is 0 Å². The summed E-state index contributed by atoms with van der Waals surface area (Å²) < 4.78 is 0. The predicted octanol–water partition coefficient (Wildman–Crippen LogP) is -2.60. The van der Waals surface area contributed by atoms with Gasteiger partial charge in [-0.25, -0.2) is 0 Å². The van der Waals surface area contributed by atoms with E-state index in [0.717, 1.165) is 0 Å². The first-order valence-corrected chi connectivity index (χ1v) is 0. The van der Waals surface area contributed by atoms with Gasteiger partial charge in [0.1, 0.15) is 0 Å². The van der Waals surface area contributed by atoms with Crippen molar-refractivity contribution >= 4 is 87.4 Å². The quantitative estimate of drug-likeness (QED) is 0.245. The topological polar surface area (TPSA) is 256 Å². The molecule has 0 amide bonds. The van der Waals surface area contributed by atoms with Gasteiger partial charge < -0.3 is 49.3 Å². The second kappa shape index (κ2) is 382. The maximum atomic E-state index is 0. The molecule has 0 aliphatic rings. The zero-order valence-corrected chi connectivity index (χ0v) is 18.9. The smallest absolute Gasteiger partial charge is 2.00 e. The Hall–Kier alpha value is 3.55. The number of hydrogen-bond acceptors (Lipinski definition) is 0. The zero-order valence-electron chi connectivity index (χ0n) is 6.43. The van der Waals surface area contributed by atoms with Gasteiger partial charge in [-0.3, -0.25) is 0 Å². The van der Waals surface area contributed by atoms with Crippen molar-refractivity contribution in [2.45, 2.75) is 0 Å². The van der Waals surface area contributed by atoms with Gasteiger partial charge in [-0.15, -0.1) is 0 Å². The molecule has 0 aliphatic carbocycles. The minimum atomic E-state index is 0. The molecule has 0 bridgehead atoms. The Morgan fingerprint density at radius 1 is 0.267 bits per heavy atom. The Balaban J connectivity index is 0. The molecule has 0 rings (SSSR count). The molecule has 0 aliphatic heterocycles. The van der Waals surface area contributed by atoms with Crippen LogP contribution in [0.2, 0.25) is 0 Å². The first-order chi connectivity index (χ1) is 0. The molecule has 0 saturated carbocycles. The fraction of sp³-hybridized carbons (Fsp3) is 0. The summed E-state index contributed by atoms with van der Waals surface area (Å²) in [5.74, 6) is 0. The Bertz CT molecular complexity index is 24.1. The van der Waals surface area contributed by atoms with Crippen LogP contribution in [0.1, 0.15) is 0 Å². The van der Waals surface area contributed by atoms with Gasteiger partial charge in [0.05, 0.1) is 0 Å². The molecular weight excluding hydrogens is 648 g/mol. The van der Waals surface area contributed by atoms with E-state index in [2.05, 4.69) is 0 Å². The van der Waals surface area contributed by atoms with Gasteiger partial charge in [-0.2, -0.15) is 0 Å². The van der Waals surface area contributed by atoms with Crippen LogP contribution in [0.3, 0.4) is 0 Å². The molecule has 0 spiro atoms. The molecule has 0 fully saturated rings. The second-order valence-corrected chi connectivity index (χ2v) is 0. The fourth-order valence-electron chi connectivity index (χ4n) is 0. The number of rotatable bonds is 0. The maximum absolute atomic E-state index is 0. The minimum Gasteiger partial charge on any atom is -2.00 e. The van der Waals surface area contributed by atoms with Gasteiger partial charge in [0.15, 0.2) is 0 Å². The third-order valence-corrected chi connectivity index (χ3v) is 0. The van der Waals surface area contributed by atoms with E-state index in [1.165, 1.54) is 0 Å². The van der Waals surface area contributed by atoms with Crippen LogP contribution >= 0.6 is 0 Å². The molecule has 9 nitrogen and oxygen atoms in total.